The van der Waals surface area contributed by atoms with Crippen LogP contribution in [0, 0.1) is 0 Å². The van der Waals surface area contributed by atoms with Gasteiger partial charge in [0.1, 0.15) is 0 Å². The predicted octanol–water partition coefficient (Wildman–Crippen LogP) is 5.34. The molecule has 0 heterocycles. The summed E-state index contributed by atoms with van der Waals surface area (Å²) >= 11 is 0. The molecule has 0 radical (unpaired) electrons. The Morgan fingerprint density at radius 2 is 1.23 bits per heavy atom. The van der Waals surface area contributed by atoms with E-state index in [9.17, 15) is 9.90 Å². The summed E-state index contributed by atoms with van der Waals surface area (Å²) in [7, 11) is 0. The molecule has 0 bridgehead atoms. The molecule has 0 aromatic heterocycles. The second kappa shape index (κ2) is 8.17. The van der Waals surface area contributed by atoms with Gasteiger partial charge in [0.25, 0.3) is 0 Å². The minimum atomic E-state index is -1.30. The third kappa shape index (κ3) is 4.19. The van der Waals surface area contributed by atoms with Gasteiger partial charge in [0, 0.05) is 5.57 Å². The van der Waals surface area contributed by atoms with E-state index >= 15 is 0 Å². The van der Waals surface area contributed by atoms with Crippen molar-refractivity contribution in [2.24, 2.45) is 0 Å². The third-order valence-electron chi connectivity index (χ3n) is 4.34. The lowest BCUT2D eigenvalue weighted by molar-refractivity contribution is -0.135. The van der Waals surface area contributed by atoms with E-state index in [4.69, 9.17) is 5.11 Å². The van der Waals surface area contributed by atoms with Crippen LogP contribution in [0.25, 0.3) is 16.7 Å². The van der Waals surface area contributed by atoms with Gasteiger partial charge in [-0.15, -0.1) is 0 Å². The van der Waals surface area contributed by atoms with Gasteiger partial charge >= 0.3 is 5.97 Å². The van der Waals surface area contributed by atoms with E-state index in [1.54, 1.807) is 0 Å². The first-order valence-electron chi connectivity index (χ1n) is 8.50. The van der Waals surface area contributed by atoms with Crippen molar-refractivity contribution in [2.45, 2.75) is 12.8 Å². The second-order valence-electron chi connectivity index (χ2n) is 6.06. The fourth-order valence-electron chi connectivity index (χ4n) is 2.93. The molecule has 3 rings (SSSR count). The standard InChI is InChI=1S/C23H20O3/c24-22(23(25)26)21(20-9-5-2-6-10-20)16-13-17-11-14-19(15-12-17)18-7-3-1-4-8-18/h1-12,14-15,24H,13,16H2,(H,25,26)/b22-21-. The maximum Gasteiger partial charge on any atom is 0.371 e. The molecule has 2 N–H and O–H groups in total. The van der Waals surface area contributed by atoms with Crippen LogP contribution in [0.15, 0.2) is 90.7 Å². The molecular weight excluding hydrogens is 324 g/mol. The Labute approximate surface area is 152 Å². The Hall–Kier alpha value is -3.33. The molecule has 3 nitrogen and oxygen atoms in total. The summed E-state index contributed by atoms with van der Waals surface area (Å²) in [5.74, 6) is -1.89. The average Bonchev–Trinajstić information content (AvgIpc) is 2.70. The molecule has 0 aliphatic rings. The number of aliphatic hydroxyl groups excluding tert-OH is 1. The van der Waals surface area contributed by atoms with Gasteiger partial charge in [-0.25, -0.2) is 4.79 Å². The van der Waals surface area contributed by atoms with E-state index in [-0.39, 0.29) is 0 Å². The highest BCUT2D eigenvalue weighted by atomic mass is 16.4. The summed E-state index contributed by atoms with van der Waals surface area (Å²) in [6.07, 6.45) is 1.10. The van der Waals surface area contributed by atoms with Crippen LogP contribution < -0.4 is 0 Å². The predicted molar refractivity (Wildman–Crippen MR) is 104 cm³/mol. The number of carboxylic acids is 1. The quantitative estimate of drug-likeness (QED) is 0.469. The molecule has 130 valence electrons. The van der Waals surface area contributed by atoms with Crippen molar-refractivity contribution >= 4 is 11.5 Å². The monoisotopic (exact) mass is 344 g/mol. The van der Waals surface area contributed by atoms with Crippen LogP contribution in [-0.4, -0.2) is 16.2 Å². The van der Waals surface area contributed by atoms with E-state index < -0.39 is 11.7 Å². The van der Waals surface area contributed by atoms with Crippen molar-refractivity contribution in [3.63, 3.8) is 0 Å². The van der Waals surface area contributed by atoms with Crippen LogP contribution in [-0.2, 0) is 11.2 Å². The zero-order valence-corrected chi connectivity index (χ0v) is 14.3. The molecule has 3 heteroatoms. The molecule has 0 spiro atoms. The Balaban J connectivity index is 1.78. The lowest BCUT2D eigenvalue weighted by atomic mass is 9.96. The molecule has 0 fully saturated rings. The van der Waals surface area contributed by atoms with Crippen LogP contribution in [0.4, 0.5) is 0 Å². The van der Waals surface area contributed by atoms with Gasteiger partial charge in [-0.05, 0) is 35.1 Å². The highest BCUT2D eigenvalue weighted by molar-refractivity contribution is 5.93. The first-order valence-corrected chi connectivity index (χ1v) is 8.50. The first kappa shape index (κ1) is 17.5. The zero-order valence-electron chi connectivity index (χ0n) is 14.3. The number of aliphatic hydroxyl groups is 1. The summed E-state index contributed by atoms with van der Waals surface area (Å²) in [5.41, 5.74) is 4.57. The van der Waals surface area contributed by atoms with Crippen molar-refractivity contribution in [1.82, 2.24) is 0 Å². The highest BCUT2D eigenvalue weighted by Crippen LogP contribution is 2.25. The summed E-state index contributed by atoms with van der Waals surface area (Å²) in [5, 5.41) is 19.2. The summed E-state index contributed by atoms with van der Waals surface area (Å²) < 4.78 is 0. The van der Waals surface area contributed by atoms with Crippen molar-refractivity contribution in [1.29, 1.82) is 0 Å². The van der Waals surface area contributed by atoms with Crippen molar-refractivity contribution < 1.29 is 15.0 Å². The Morgan fingerprint density at radius 1 is 0.692 bits per heavy atom. The van der Waals surface area contributed by atoms with Crippen LogP contribution in [0.2, 0.25) is 0 Å². The van der Waals surface area contributed by atoms with E-state index in [2.05, 4.69) is 24.3 Å². The Bertz CT molecular complexity index is 895. The molecule has 0 saturated carbocycles. The molecule has 0 aliphatic heterocycles. The van der Waals surface area contributed by atoms with E-state index in [0.29, 0.717) is 18.4 Å². The number of benzene rings is 3. The fourth-order valence-corrected chi connectivity index (χ4v) is 2.93. The largest absolute Gasteiger partial charge is 0.502 e. The molecule has 0 aliphatic carbocycles. The summed E-state index contributed by atoms with van der Waals surface area (Å²) in [6.45, 7) is 0. The van der Waals surface area contributed by atoms with Gasteiger partial charge in [-0.3, -0.25) is 0 Å². The number of carbonyl (C=O) groups is 1. The Kier molecular flexibility index (Phi) is 5.49. The smallest absolute Gasteiger partial charge is 0.371 e. The molecule has 0 unspecified atom stereocenters. The van der Waals surface area contributed by atoms with Gasteiger partial charge in [0.2, 0.25) is 5.76 Å². The number of rotatable bonds is 6. The van der Waals surface area contributed by atoms with E-state index in [1.165, 1.54) is 0 Å². The van der Waals surface area contributed by atoms with Gasteiger partial charge in [0.05, 0.1) is 0 Å². The Morgan fingerprint density at radius 3 is 1.81 bits per heavy atom. The van der Waals surface area contributed by atoms with Crippen molar-refractivity contribution in [2.75, 3.05) is 0 Å². The maximum atomic E-state index is 11.2. The molecule has 0 atom stereocenters. The first-order chi connectivity index (χ1) is 12.6. The average molecular weight is 344 g/mol. The number of aliphatic carboxylic acids is 1. The number of carboxylic acid groups (broad SMARTS) is 1. The highest BCUT2D eigenvalue weighted by Gasteiger charge is 2.14. The third-order valence-corrected chi connectivity index (χ3v) is 4.34. The molecule has 3 aromatic carbocycles. The normalized spacial score (nSPS) is 11.7. The second-order valence-corrected chi connectivity index (χ2v) is 6.06. The molecule has 26 heavy (non-hydrogen) atoms. The van der Waals surface area contributed by atoms with Crippen molar-refractivity contribution in [3.05, 3.63) is 102 Å². The minimum absolute atomic E-state index is 0.449. The van der Waals surface area contributed by atoms with Crippen LogP contribution in [0.1, 0.15) is 17.5 Å². The lowest BCUT2D eigenvalue weighted by Gasteiger charge is -2.10. The van der Waals surface area contributed by atoms with Crippen molar-refractivity contribution in [3.8, 4) is 11.1 Å². The SMILES string of the molecule is O=C(O)/C(O)=C(\CCc1ccc(-c2ccccc2)cc1)c1ccccc1. The topological polar surface area (TPSA) is 57.5 Å². The summed E-state index contributed by atoms with van der Waals surface area (Å²) in [4.78, 5) is 11.2. The van der Waals surface area contributed by atoms with E-state index in [1.807, 2.05) is 60.7 Å². The fraction of sp³-hybridized carbons (Fsp3) is 0.0870. The summed E-state index contributed by atoms with van der Waals surface area (Å²) in [6, 6.07) is 27.5. The zero-order chi connectivity index (χ0) is 18.4. The molecule has 0 amide bonds. The lowest BCUT2D eigenvalue weighted by Crippen LogP contribution is -2.04. The number of hydrogen-bond donors (Lipinski definition) is 2. The van der Waals surface area contributed by atoms with Gasteiger partial charge in [0.15, 0.2) is 0 Å². The van der Waals surface area contributed by atoms with Gasteiger partial charge in [-0.1, -0.05) is 84.9 Å². The van der Waals surface area contributed by atoms with Crippen LogP contribution in [0.3, 0.4) is 0 Å². The molecule has 0 saturated heterocycles. The van der Waals surface area contributed by atoms with Crippen LogP contribution in [0.5, 0.6) is 0 Å². The molecule has 3 aromatic rings. The van der Waals surface area contributed by atoms with E-state index in [0.717, 1.165) is 22.3 Å². The van der Waals surface area contributed by atoms with Gasteiger partial charge in [-0.2, -0.15) is 0 Å². The molecular formula is C23H20O3. The van der Waals surface area contributed by atoms with Crippen LogP contribution >= 0.6 is 0 Å². The number of allylic oxidation sites excluding steroid dienone is 1. The number of hydrogen-bond acceptors (Lipinski definition) is 2. The minimum Gasteiger partial charge on any atom is -0.502 e. The number of aryl methyl sites for hydroxylation is 1. The maximum absolute atomic E-state index is 11.2. The van der Waals surface area contributed by atoms with Gasteiger partial charge < -0.3 is 10.2 Å².